The van der Waals surface area contributed by atoms with Crippen molar-refractivity contribution in [2.75, 3.05) is 6.54 Å². The summed E-state index contributed by atoms with van der Waals surface area (Å²) < 4.78 is 1.97. The minimum absolute atomic E-state index is 0.0900. The summed E-state index contributed by atoms with van der Waals surface area (Å²) in [6.07, 6.45) is 2.78. The monoisotopic (exact) mass is 347 g/mol. The number of halogens is 2. The number of nitrogens with two attached hydrogens (primary N) is 1. The molecule has 0 bridgehead atoms. The molecule has 1 aromatic rings. The highest BCUT2D eigenvalue weighted by molar-refractivity contribution is 9.13. The Morgan fingerprint density at radius 1 is 1.31 bits per heavy atom. The van der Waals surface area contributed by atoms with Crippen molar-refractivity contribution >= 4 is 31.9 Å². The molecule has 0 radical (unpaired) electrons. The third kappa shape index (κ3) is 2.08. The summed E-state index contributed by atoms with van der Waals surface area (Å²) >= 11 is 6.88. The highest BCUT2D eigenvalue weighted by atomic mass is 79.9. The zero-order valence-electron chi connectivity index (χ0n) is 8.92. The van der Waals surface area contributed by atoms with Gasteiger partial charge in [-0.2, -0.15) is 0 Å². The fraction of sp³-hybridized carbons (Fsp3) is 0.500. The zero-order chi connectivity index (χ0) is 11.8. The second-order valence-corrected chi connectivity index (χ2v) is 6.20. The Labute approximate surface area is 112 Å². The number of hydrogen-bond acceptors (Lipinski definition) is 2. The van der Waals surface area contributed by atoms with Crippen LogP contribution in [0.3, 0.4) is 0 Å². The fourth-order valence-electron chi connectivity index (χ4n) is 2.26. The zero-order valence-corrected chi connectivity index (χ0v) is 12.1. The Balaban J connectivity index is 2.26. The molecule has 0 amide bonds. The summed E-state index contributed by atoms with van der Waals surface area (Å²) in [4.78, 5) is 0. The van der Waals surface area contributed by atoms with Crippen LogP contribution in [0, 0.1) is 5.41 Å². The standard InChI is InChI=1S/C12H15Br2NO/c13-9-3-2-8(6-10(9)14)11(16)12(7-15)4-1-5-12/h2-3,6,11,16H,1,4-5,7,15H2. The lowest BCUT2D eigenvalue weighted by molar-refractivity contribution is -0.0297. The van der Waals surface area contributed by atoms with Crippen molar-refractivity contribution in [1.82, 2.24) is 0 Å². The van der Waals surface area contributed by atoms with Crippen LogP contribution in [-0.4, -0.2) is 11.7 Å². The average Bonchev–Trinajstić information content (AvgIpc) is 2.21. The molecule has 3 N–H and O–H groups in total. The van der Waals surface area contributed by atoms with Gasteiger partial charge in [-0.3, -0.25) is 0 Å². The Morgan fingerprint density at radius 3 is 2.44 bits per heavy atom. The minimum atomic E-state index is -0.448. The molecule has 1 aliphatic rings. The molecular weight excluding hydrogens is 334 g/mol. The van der Waals surface area contributed by atoms with Crippen molar-refractivity contribution in [2.24, 2.45) is 11.1 Å². The van der Waals surface area contributed by atoms with E-state index in [0.29, 0.717) is 6.54 Å². The molecule has 2 rings (SSSR count). The van der Waals surface area contributed by atoms with Gasteiger partial charge in [-0.25, -0.2) is 0 Å². The Bertz CT molecular complexity index is 385. The van der Waals surface area contributed by atoms with E-state index in [1.165, 1.54) is 6.42 Å². The maximum atomic E-state index is 10.4. The summed E-state index contributed by atoms with van der Waals surface area (Å²) in [6, 6.07) is 5.87. The van der Waals surface area contributed by atoms with E-state index in [0.717, 1.165) is 27.4 Å². The molecule has 4 heteroatoms. The fourth-order valence-corrected chi connectivity index (χ4v) is 2.90. The number of benzene rings is 1. The Morgan fingerprint density at radius 2 is 2.00 bits per heavy atom. The molecule has 0 saturated heterocycles. The molecule has 1 aromatic carbocycles. The van der Waals surface area contributed by atoms with Crippen LogP contribution in [0.1, 0.15) is 30.9 Å². The summed E-state index contributed by atoms with van der Waals surface area (Å²) in [6.45, 7) is 0.557. The lowest BCUT2D eigenvalue weighted by Crippen LogP contribution is -2.42. The molecule has 1 fully saturated rings. The topological polar surface area (TPSA) is 46.2 Å². The summed E-state index contributed by atoms with van der Waals surface area (Å²) in [5.41, 5.74) is 6.65. The first kappa shape index (κ1) is 12.6. The van der Waals surface area contributed by atoms with Crippen molar-refractivity contribution < 1.29 is 5.11 Å². The lowest BCUT2D eigenvalue weighted by atomic mass is 9.63. The van der Waals surface area contributed by atoms with Crippen LogP contribution in [0.2, 0.25) is 0 Å². The van der Waals surface area contributed by atoms with Crippen molar-refractivity contribution in [2.45, 2.75) is 25.4 Å². The van der Waals surface area contributed by atoms with Gasteiger partial charge >= 0.3 is 0 Å². The van der Waals surface area contributed by atoms with E-state index >= 15 is 0 Å². The van der Waals surface area contributed by atoms with Gasteiger partial charge in [-0.05, 0) is 62.4 Å². The van der Waals surface area contributed by atoms with Crippen LogP contribution in [0.4, 0.5) is 0 Å². The summed E-state index contributed by atoms with van der Waals surface area (Å²) in [5, 5.41) is 10.4. The van der Waals surface area contributed by atoms with Crippen LogP contribution in [0.25, 0.3) is 0 Å². The van der Waals surface area contributed by atoms with E-state index in [-0.39, 0.29) is 5.41 Å². The number of aliphatic hydroxyl groups is 1. The van der Waals surface area contributed by atoms with Crippen LogP contribution < -0.4 is 5.73 Å². The number of aliphatic hydroxyl groups excluding tert-OH is 1. The van der Waals surface area contributed by atoms with Gasteiger partial charge in [0.25, 0.3) is 0 Å². The van der Waals surface area contributed by atoms with Gasteiger partial charge in [0.05, 0.1) is 6.10 Å². The average molecular weight is 349 g/mol. The van der Waals surface area contributed by atoms with Crippen LogP contribution >= 0.6 is 31.9 Å². The maximum absolute atomic E-state index is 10.4. The molecule has 1 aliphatic carbocycles. The molecule has 0 aliphatic heterocycles. The van der Waals surface area contributed by atoms with Gasteiger partial charge in [-0.1, -0.05) is 12.5 Å². The van der Waals surface area contributed by atoms with E-state index in [9.17, 15) is 5.11 Å². The highest BCUT2D eigenvalue weighted by Gasteiger charge is 2.42. The molecule has 0 heterocycles. The van der Waals surface area contributed by atoms with Gasteiger partial charge in [0, 0.05) is 20.9 Å². The van der Waals surface area contributed by atoms with Crippen molar-refractivity contribution in [3.05, 3.63) is 32.7 Å². The second kappa shape index (κ2) is 4.77. The lowest BCUT2D eigenvalue weighted by Gasteiger charge is -2.45. The first-order valence-corrected chi connectivity index (χ1v) is 7.01. The van der Waals surface area contributed by atoms with Gasteiger partial charge in [0.15, 0.2) is 0 Å². The maximum Gasteiger partial charge on any atom is 0.0858 e. The minimum Gasteiger partial charge on any atom is -0.388 e. The second-order valence-electron chi connectivity index (χ2n) is 4.50. The van der Waals surface area contributed by atoms with E-state index in [4.69, 9.17) is 5.73 Å². The SMILES string of the molecule is NCC1(C(O)c2ccc(Br)c(Br)c2)CCC1. The van der Waals surface area contributed by atoms with E-state index in [1.807, 2.05) is 18.2 Å². The van der Waals surface area contributed by atoms with E-state index < -0.39 is 6.10 Å². The molecule has 2 nitrogen and oxygen atoms in total. The highest BCUT2D eigenvalue weighted by Crippen LogP contribution is 2.49. The number of rotatable bonds is 3. The molecule has 0 aromatic heterocycles. The van der Waals surface area contributed by atoms with E-state index in [1.54, 1.807) is 0 Å². The normalized spacial score (nSPS) is 20.2. The first-order valence-electron chi connectivity index (χ1n) is 5.42. The summed E-state index contributed by atoms with van der Waals surface area (Å²) in [7, 11) is 0. The van der Waals surface area contributed by atoms with E-state index in [2.05, 4.69) is 31.9 Å². The van der Waals surface area contributed by atoms with Crippen molar-refractivity contribution in [3.63, 3.8) is 0 Å². The quantitative estimate of drug-likeness (QED) is 0.879. The molecular formula is C12H15Br2NO. The summed E-state index contributed by atoms with van der Waals surface area (Å²) in [5.74, 6) is 0. The first-order chi connectivity index (χ1) is 7.59. The van der Waals surface area contributed by atoms with Gasteiger partial charge in [0.2, 0.25) is 0 Å². The molecule has 1 atom stereocenters. The third-order valence-electron chi connectivity index (χ3n) is 3.60. The van der Waals surface area contributed by atoms with Gasteiger partial charge in [-0.15, -0.1) is 0 Å². The molecule has 16 heavy (non-hydrogen) atoms. The van der Waals surface area contributed by atoms with Crippen molar-refractivity contribution in [3.8, 4) is 0 Å². The van der Waals surface area contributed by atoms with Crippen LogP contribution in [0.15, 0.2) is 27.1 Å². The van der Waals surface area contributed by atoms with Crippen LogP contribution in [0.5, 0.6) is 0 Å². The van der Waals surface area contributed by atoms with Gasteiger partial charge < -0.3 is 10.8 Å². The van der Waals surface area contributed by atoms with Crippen molar-refractivity contribution in [1.29, 1.82) is 0 Å². The predicted molar refractivity (Wildman–Crippen MR) is 72.1 cm³/mol. The van der Waals surface area contributed by atoms with Crippen LogP contribution in [-0.2, 0) is 0 Å². The Kier molecular flexibility index (Phi) is 3.74. The molecule has 1 unspecified atom stereocenters. The third-order valence-corrected chi connectivity index (χ3v) is 5.47. The smallest absolute Gasteiger partial charge is 0.0858 e. The molecule has 1 saturated carbocycles. The Hall–Kier alpha value is 0.1000. The van der Waals surface area contributed by atoms with Gasteiger partial charge in [0.1, 0.15) is 0 Å². The molecule has 88 valence electrons. The molecule has 0 spiro atoms. The number of hydrogen-bond donors (Lipinski definition) is 2. The largest absolute Gasteiger partial charge is 0.388 e. The predicted octanol–water partition coefficient (Wildman–Crippen LogP) is 3.37.